The number of nitrogens with zero attached hydrogens (tertiary/aromatic N) is 2. The summed E-state index contributed by atoms with van der Waals surface area (Å²) in [6.07, 6.45) is -2.87. The number of aryl methyl sites for hydroxylation is 1. The summed E-state index contributed by atoms with van der Waals surface area (Å²) in [4.78, 5) is 18.0. The van der Waals surface area contributed by atoms with Gasteiger partial charge in [0, 0.05) is 56.7 Å². The lowest BCUT2D eigenvalue weighted by molar-refractivity contribution is -0.274. The van der Waals surface area contributed by atoms with Crippen molar-refractivity contribution < 1.29 is 27.4 Å². The molecule has 0 bridgehead atoms. The number of carbonyl (C=O) groups is 1. The van der Waals surface area contributed by atoms with Crippen LogP contribution in [0.3, 0.4) is 0 Å². The molecule has 0 aliphatic carbocycles. The van der Waals surface area contributed by atoms with Crippen LogP contribution >= 0.6 is 0 Å². The Balaban J connectivity index is 1.19. The summed E-state index contributed by atoms with van der Waals surface area (Å²) in [5.74, 6) is 0.0341. The molecule has 0 unspecified atom stereocenters. The van der Waals surface area contributed by atoms with Crippen LogP contribution in [-0.2, 0) is 6.54 Å². The highest BCUT2D eigenvalue weighted by atomic mass is 19.4. The van der Waals surface area contributed by atoms with Gasteiger partial charge >= 0.3 is 6.36 Å². The van der Waals surface area contributed by atoms with E-state index in [0.29, 0.717) is 28.1 Å². The molecule has 230 valence electrons. The summed E-state index contributed by atoms with van der Waals surface area (Å²) in [5, 5.41) is 2.96. The molecule has 1 heterocycles. The number of carbonyl (C=O) groups excluding carboxylic acids is 1. The van der Waals surface area contributed by atoms with Gasteiger partial charge in [0.1, 0.15) is 17.6 Å². The van der Waals surface area contributed by atoms with Gasteiger partial charge in [0.05, 0.1) is 0 Å². The molecule has 44 heavy (non-hydrogen) atoms. The normalized spacial score (nSPS) is 14.2. The minimum atomic E-state index is -4.77. The third-order valence-corrected chi connectivity index (χ3v) is 7.68. The molecule has 1 aliphatic heterocycles. The fourth-order valence-corrected chi connectivity index (χ4v) is 5.44. The Morgan fingerprint density at radius 1 is 0.909 bits per heavy atom. The van der Waals surface area contributed by atoms with Crippen LogP contribution in [0.5, 0.6) is 11.5 Å². The molecule has 0 radical (unpaired) electrons. The van der Waals surface area contributed by atoms with E-state index in [0.717, 1.165) is 38.0 Å². The first-order valence-electron chi connectivity index (χ1n) is 14.6. The first-order valence-corrected chi connectivity index (χ1v) is 14.6. The van der Waals surface area contributed by atoms with Gasteiger partial charge in [0.2, 0.25) is 0 Å². The maximum absolute atomic E-state index is 13.4. The molecule has 9 heteroatoms. The molecule has 1 fully saturated rings. The summed E-state index contributed by atoms with van der Waals surface area (Å²) >= 11 is 0. The average molecular weight is 604 g/mol. The molecular formula is C35H36F3N3O3. The zero-order valence-electron chi connectivity index (χ0n) is 25.0. The number of ether oxygens (including phenoxy) is 2. The molecule has 1 aliphatic rings. The molecule has 1 amide bonds. The van der Waals surface area contributed by atoms with Crippen LogP contribution in [0.25, 0.3) is 11.1 Å². The summed E-state index contributed by atoms with van der Waals surface area (Å²) in [6, 6.07) is 26.8. The van der Waals surface area contributed by atoms with Gasteiger partial charge in [-0.2, -0.15) is 0 Å². The van der Waals surface area contributed by atoms with Gasteiger partial charge < -0.3 is 19.7 Å². The molecule has 0 saturated carbocycles. The minimum absolute atomic E-state index is 0.0843. The van der Waals surface area contributed by atoms with Crippen LogP contribution in [-0.4, -0.2) is 50.5 Å². The number of amides is 1. The number of halogens is 3. The number of hydrogen-bond acceptors (Lipinski definition) is 5. The second-order valence-corrected chi connectivity index (χ2v) is 11.2. The van der Waals surface area contributed by atoms with Gasteiger partial charge in [-0.15, -0.1) is 13.2 Å². The van der Waals surface area contributed by atoms with E-state index >= 15 is 0 Å². The third kappa shape index (κ3) is 8.11. The Labute approximate surface area is 256 Å². The van der Waals surface area contributed by atoms with Crippen molar-refractivity contribution in [3.63, 3.8) is 0 Å². The van der Waals surface area contributed by atoms with Crippen LogP contribution in [0.15, 0.2) is 91.0 Å². The highest BCUT2D eigenvalue weighted by Crippen LogP contribution is 2.32. The zero-order valence-corrected chi connectivity index (χ0v) is 25.0. The van der Waals surface area contributed by atoms with Crippen LogP contribution in [0.2, 0.25) is 0 Å². The number of alkyl halides is 3. The van der Waals surface area contributed by atoms with Crippen LogP contribution in [0.1, 0.15) is 34.3 Å². The van der Waals surface area contributed by atoms with Gasteiger partial charge in [-0.05, 0) is 84.5 Å². The smallest absolute Gasteiger partial charge is 0.490 e. The largest absolute Gasteiger partial charge is 0.573 e. The Hall–Kier alpha value is -4.50. The monoisotopic (exact) mass is 603 g/mol. The summed E-state index contributed by atoms with van der Waals surface area (Å²) in [5.41, 5.74) is 5.54. The lowest BCUT2D eigenvalue weighted by atomic mass is 9.94. The molecule has 1 saturated heterocycles. The highest BCUT2D eigenvalue weighted by molar-refractivity contribution is 6.09. The van der Waals surface area contributed by atoms with Gasteiger partial charge in [-0.3, -0.25) is 9.69 Å². The van der Waals surface area contributed by atoms with Crippen molar-refractivity contribution in [3.05, 3.63) is 108 Å². The molecule has 0 spiro atoms. The maximum atomic E-state index is 13.4. The van der Waals surface area contributed by atoms with E-state index in [1.165, 1.54) is 35.5 Å². The average Bonchev–Trinajstić information content (AvgIpc) is 2.98. The number of hydrogen-bond donors (Lipinski definition) is 1. The van der Waals surface area contributed by atoms with Gasteiger partial charge in [0.25, 0.3) is 5.91 Å². The van der Waals surface area contributed by atoms with E-state index < -0.39 is 6.36 Å². The molecule has 6 nitrogen and oxygen atoms in total. The molecule has 0 atom stereocenters. The second-order valence-electron chi connectivity index (χ2n) is 11.2. The fraction of sp³-hybridized carbons (Fsp3) is 0.286. The van der Waals surface area contributed by atoms with Crippen molar-refractivity contribution in [2.45, 2.75) is 38.8 Å². The number of likely N-dealkylation sites (tertiary alicyclic amines) is 1. The standard InChI is InChI=1S/C35H36F3N3O3/c1-24-6-4-9-32(33(24)26-12-16-30(17-13-26)44-35(36,37)38)34(42)39-27-7-5-8-31(22-27)43-29-18-20-41(21-19-29)23-25-10-14-28(15-11-25)40(2)3/h4-17,22,29H,18-21,23H2,1-3H3,(H,39,42). The molecule has 4 aromatic rings. The number of benzene rings is 4. The van der Waals surface area contributed by atoms with Crippen molar-refractivity contribution in [2.24, 2.45) is 0 Å². The Bertz CT molecular complexity index is 1560. The van der Waals surface area contributed by atoms with Crippen molar-refractivity contribution in [3.8, 4) is 22.6 Å². The predicted octanol–water partition coefficient (Wildman–Crippen LogP) is 7.92. The maximum Gasteiger partial charge on any atom is 0.573 e. The quantitative estimate of drug-likeness (QED) is 0.211. The first-order chi connectivity index (χ1) is 21.0. The fourth-order valence-electron chi connectivity index (χ4n) is 5.44. The highest BCUT2D eigenvalue weighted by Gasteiger charge is 2.31. The van der Waals surface area contributed by atoms with Gasteiger partial charge in [-0.1, -0.05) is 42.5 Å². The lowest BCUT2D eigenvalue weighted by Crippen LogP contribution is -2.37. The predicted molar refractivity (Wildman–Crippen MR) is 167 cm³/mol. The summed E-state index contributed by atoms with van der Waals surface area (Å²) < 4.78 is 48.1. The molecule has 4 aromatic carbocycles. The first kappa shape index (κ1) is 30.9. The second kappa shape index (κ2) is 13.4. The van der Waals surface area contributed by atoms with Crippen molar-refractivity contribution in [1.29, 1.82) is 0 Å². The summed E-state index contributed by atoms with van der Waals surface area (Å²) in [6.45, 7) is 4.65. The molecule has 1 N–H and O–H groups in total. The van der Waals surface area contributed by atoms with Crippen molar-refractivity contribution >= 4 is 17.3 Å². The third-order valence-electron chi connectivity index (χ3n) is 7.68. The van der Waals surface area contributed by atoms with E-state index in [1.54, 1.807) is 18.2 Å². The zero-order chi connectivity index (χ0) is 31.3. The Morgan fingerprint density at radius 3 is 2.25 bits per heavy atom. The van der Waals surface area contributed by atoms with Gasteiger partial charge in [-0.25, -0.2) is 0 Å². The van der Waals surface area contributed by atoms with Crippen LogP contribution < -0.4 is 19.7 Å². The minimum Gasteiger partial charge on any atom is -0.490 e. The Morgan fingerprint density at radius 2 is 1.59 bits per heavy atom. The van der Waals surface area contributed by atoms with Gasteiger partial charge in [0.15, 0.2) is 0 Å². The molecule has 0 aromatic heterocycles. The topological polar surface area (TPSA) is 54.0 Å². The van der Waals surface area contributed by atoms with Crippen LogP contribution in [0.4, 0.5) is 24.5 Å². The van der Waals surface area contributed by atoms with E-state index in [1.807, 2.05) is 45.3 Å². The van der Waals surface area contributed by atoms with E-state index in [-0.39, 0.29) is 17.8 Å². The van der Waals surface area contributed by atoms with E-state index in [4.69, 9.17) is 4.74 Å². The van der Waals surface area contributed by atoms with Crippen LogP contribution in [0, 0.1) is 6.92 Å². The molecule has 5 rings (SSSR count). The SMILES string of the molecule is Cc1cccc(C(=O)Nc2cccc(OC3CCN(Cc4ccc(N(C)C)cc4)CC3)c2)c1-c1ccc(OC(F)(F)F)cc1. The Kier molecular flexibility index (Phi) is 9.44. The van der Waals surface area contributed by atoms with Crippen molar-refractivity contribution in [1.82, 2.24) is 4.90 Å². The van der Waals surface area contributed by atoms with E-state index in [2.05, 4.69) is 44.1 Å². The van der Waals surface area contributed by atoms with E-state index in [9.17, 15) is 18.0 Å². The molecular weight excluding hydrogens is 567 g/mol. The van der Waals surface area contributed by atoms with Crippen molar-refractivity contribution in [2.75, 3.05) is 37.4 Å². The lowest BCUT2D eigenvalue weighted by Gasteiger charge is -2.32. The summed E-state index contributed by atoms with van der Waals surface area (Å²) in [7, 11) is 4.07. The number of rotatable bonds is 9. The number of nitrogens with one attached hydrogen (secondary N) is 1. The number of anilines is 2. The number of piperidine rings is 1.